The highest BCUT2D eigenvalue weighted by Gasteiger charge is 2.19. The van der Waals surface area contributed by atoms with Crippen molar-refractivity contribution in [2.24, 2.45) is 0 Å². The summed E-state index contributed by atoms with van der Waals surface area (Å²) in [6, 6.07) is 2.46. The normalized spacial score (nSPS) is 19.4. The van der Waals surface area contributed by atoms with E-state index >= 15 is 0 Å². The highest BCUT2D eigenvalue weighted by atomic mass is 15.3. The Bertz CT molecular complexity index is 467. The lowest BCUT2D eigenvalue weighted by Crippen LogP contribution is -2.17. The van der Waals surface area contributed by atoms with Crippen LogP contribution in [0.4, 0.5) is 0 Å². The molecule has 5 nitrogen and oxygen atoms in total. The molecule has 0 aromatic carbocycles. The van der Waals surface area contributed by atoms with Gasteiger partial charge in [0.05, 0.1) is 12.0 Å². The molecule has 2 aromatic heterocycles. The molecule has 3 heterocycles. The number of imidazole rings is 1. The van der Waals surface area contributed by atoms with Crippen LogP contribution in [0.5, 0.6) is 0 Å². The lowest BCUT2D eigenvalue weighted by Gasteiger charge is -2.13. The van der Waals surface area contributed by atoms with Gasteiger partial charge in [0.1, 0.15) is 0 Å². The van der Waals surface area contributed by atoms with Gasteiger partial charge in [-0.2, -0.15) is 5.10 Å². The van der Waals surface area contributed by atoms with E-state index < -0.39 is 0 Å². The second kappa shape index (κ2) is 5.35. The third kappa shape index (κ3) is 2.46. The Kier molecular flexibility index (Phi) is 3.41. The Hall–Kier alpha value is -1.62. The van der Waals surface area contributed by atoms with Gasteiger partial charge in [-0.25, -0.2) is 4.98 Å². The van der Waals surface area contributed by atoms with Crippen LogP contribution < -0.4 is 5.32 Å². The fraction of sp³-hybridized carbons (Fsp3) is 0.538. The summed E-state index contributed by atoms with van der Waals surface area (Å²) in [7, 11) is 0. The van der Waals surface area contributed by atoms with Crippen molar-refractivity contribution in [1.29, 1.82) is 0 Å². The average molecular weight is 245 g/mol. The minimum absolute atomic E-state index is 0.497. The van der Waals surface area contributed by atoms with Crippen molar-refractivity contribution in [3.05, 3.63) is 36.7 Å². The van der Waals surface area contributed by atoms with Crippen LogP contribution >= 0.6 is 0 Å². The largest absolute Gasteiger partial charge is 0.333 e. The molecule has 0 spiro atoms. The van der Waals surface area contributed by atoms with Gasteiger partial charge in [-0.05, 0) is 31.9 Å². The zero-order valence-corrected chi connectivity index (χ0v) is 10.5. The van der Waals surface area contributed by atoms with Crippen LogP contribution in [0.2, 0.25) is 0 Å². The summed E-state index contributed by atoms with van der Waals surface area (Å²) in [6.07, 6.45) is 11.3. The van der Waals surface area contributed by atoms with E-state index in [0.717, 1.165) is 26.1 Å². The third-order valence-electron chi connectivity index (χ3n) is 3.51. The summed E-state index contributed by atoms with van der Waals surface area (Å²) in [6.45, 7) is 3.10. The van der Waals surface area contributed by atoms with Gasteiger partial charge in [0.25, 0.3) is 0 Å². The fourth-order valence-corrected chi connectivity index (χ4v) is 2.58. The molecule has 1 aliphatic rings. The monoisotopic (exact) mass is 245 g/mol. The molecule has 1 fully saturated rings. The van der Waals surface area contributed by atoms with Crippen LogP contribution in [0.15, 0.2) is 31.0 Å². The molecule has 0 unspecified atom stereocenters. The number of rotatable bonds is 5. The van der Waals surface area contributed by atoms with E-state index in [-0.39, 0.29) is 0 Å². The maximum atomic E-state index is 4.28. The Morgan fingerprint density at radius 3 is 3.17 bits per heavy atom. The SMILES string of the molecule is c1cnn(CCCn2cncc2[C@@H]2CCCN2)c1. The van der Waals surface area contributed by atoms with Crippen molar-refractivity contribution in [2.45, 2.75) is 38.4 Å². The van der Waals surface area contributed by atoms with Crippen LogP contribution in [-0.2, 0) is 13.1 Å². The molecule has 18 heavy (non-hydrogen) atoms. The third-order valence-corrected chi connectivity index (χ3v) is 3.51. The van der Waals surface area contributed by atoms with E-state index in [9.17, 15) is 0 Å². The summed E-state index contributed by atoms with van der Waals surface area (Å²) in [5, 5.41) is 7.74. The summed E-state index contributed by atoms with van der Waals surface area (Å²) in [5.41, 5.74) is 1.33. The maximum Gasteiger partial charge on any atom is 0.0948 e. The maximum absolute atomic E-state index is 4.28. The lowest BCUT2D eigenvalue weighted by molar-refractivity contribution is 0.499. The zero-order chi connectivity index (χ0) is 12.2. The van der Waals surface area contributed by atoms with Crippen LogP contribution in [0, 0.1) is 0 Å². The van der Waals surface area contributed by atoms with Crippen molar-refractivity contribution in [3.63, 3.8) is 0 Å². The van der Waals surface area contributed by atoms with Crippen molar-refractivity contribution in [1.82, 2.24) is 24.6 Å². The van der Waals surface area contributed by atoms with Crippen molar-refractivity contribution < 1.29 is 0 Å². The molecule has 1 N–H and O–H groups in total. The molecule has 1 saturated heterocycles. The minimum atomic E-state index is 0.497. The predicted octanol–water partition coefficient (Wildman–Crippen LogP) is 1.59. The molecular weight excluding hydrogens is 226 g/mol. The second-order valence-electron chi connectivity index (χ2n) is 4.78. The van der Waals surface area contributed by atoms with E-state index in [1.54, 1.807) is 0 Å². The summed E-state index contributed by atoms with van der Waals surface area (Å²) in [5.74, 6) is 0. The molecule has 2 aromatic rings. The van der Waals surface area contributed by atoms with Gasteiger partial charge in [0.15, 0.2) is 0 Å². The highest BCUT2D eigenvalue weighted by Crippen LogP contribution is 2.22. The molecule has 96 valence electrons. The first-order chi connectivity index (χ1) is 8.93. The smallest absolute Gasteiger partial charge is 0.0948 e. The number of nitrogens with zero attached hydrogens (tertiary/aromatic N) is 4. The Labute approximate surface area is 107 Å². The average Bonchev–Trinajstić information content (AvgIpc) is 3.12. The van der Waals surface area contributed by atoms with Gasteiger partial charge in [-0.3, -0.25) is 4.68 Å². The van der Waals surface area contributed by atoms with Crippen LogP contribution in [0.3, 0.4) is 0 Å². The number of aryl methyl sites for hydroxylation is 2. The van der Waals surface area contributed by atoms with E-state index in [1.165, 1.54) is 18.5 Å². The van der Waals surface area contributed by atoms with Gasteiger partial charge in [-0.15, -0.1) is 0 Å². The van der Waals surface area contributed by atoms with Gasteiger partial charge in [0, 0.05) is 37.7 Å². The summed E-state index contributed by atoms with van der Waals surface area (Å²) in [4.78, 5) is 4.28. The van der Waals surface area contributed by atoms with Gasteiger partial charge < -0.3 is 9.88 Å². The molecule has 0 saturated carbocycles. The predicted molar refractivity (Wildman–Crippen MR) is 69.0 cm³/mol. The van der Waals surface area contributed by atoms with Crippen LogP contribution in [0.25, 0.3) is 0 Å². The van der Waals surface area contributed by atoms with E-state index in [4.69, 9.17) is 0 Å². The van der Waals surface area contributed by atoms with Crippen LogP contribution in [-0.4, -0.2) is 25.9 Å². The Balaban J connectivity index is 1.57. The standard InChI is InChI=1S/C13H19N5/c1-4-12(15-5-1)13-10-14-11-17(13)7-3-9-18-8-2-6-16-18/h2,6,8,10-12,15H,1,3-5,7,9H2/t12-/m0/s1. The molecular formula is C13H19N5. The summed E-state index contributed by atoms with van der Waals surface area (Å²) < 4.78 is 4.25. The van der Waals surface area contributed by atoms with Crippen molar-refractivity contribution in [2.75, 3.05) is 6.54 Å². The Morgan fingerprint density at radius 2 is 2.39 bits per heavy atom. The van der Waals surface area contributed by atoms with E-state index in [2.05, 4.69) is 20.0 Å². The molecule has 5 heteroatoms. The lowest BCUT2D eigenvalue weighted by atomic mass is 10.2. The fourth-order valence-electron chi connectivity index (χ4n) is 2.58. The quantitative estimate of drug-likeness (QED) is 0.870. The molecule has 0 radical (unpaired) electrons. The molecule has 1 aliphatic heterocycles. The molecule has 1 atom stereocenters. The number of hydrogen-bond acceptors (Lipinski definition) is 3. The van der Waals surface area contributed by atoms with Crippen LogP contribution in [0.1, 0.15) is 31.0 Å². The first kappa shape index (κ1) is 11.5. The van der Waals surface area contributed by atoms with Gasteiger partial charge >= 0.3 is 0 Å². The van der Waals surface area contributed by atoms with Gasteiger partial charge in [0.2, 0.25) is 0 Å². The number of aromatic nitrogens is 4. The Morgan fingerprint density at radius 1 is 1.39 bits per heavy atom. The second-order valence-corrected chi connectivity index (χ2v) is 4.78. The number of hydrogen-bond donors (Lipinski definition) is 1. The molecule has 3 rings (SSSR count). The topological polar surface area (TPSA) is 47.7 Å². The number of nitrogens with one attached hydrogen (secondary N) is 1. The molecule has 0 bridgehead atoms. The first-order valence-electron chi connectivity index (χ1n) is 6.64. The first-order valence-corrected chi connectivity index (χ1v) is 6.64. The van der Waals surface area contributed by atoms with E-state index in [0.29, 0.717) is 6.04 Å². The zero-order valence-electron chi connectivity index (χ0n) is 10.5. The molecule has 0 amide bonds. The minimum Gasteiger partial charge on any atom is -0.333 e. The van der Waals surface area contributed by atoms with Gasteiger partial charge in [-0.1, -0.05) is 0 Å². The van der Waals surface area contributed by atoms with Crippen molar-refractivity contribution in [3.8, 4) is 0 Å². The van der Waals surface area contributed by atoms with E-state index in [1.807, 2.05) is 35.7 Å². The molecule has 0 aliphatic carbocycles. The van der Waals surface area contributed by atoms with Crippen molar-refractivity contribution >= 4 is 0 Å². The summed E-state index contributed by atoms with van der Waals surface area (Å²) >= 11 is 0. The highest BCUT2D eigenvalue weighted by molar-refractivity contribution is 5.07.